The van der Waals surface area contributed by atoms with Gasteiger partial charge in [-0.25, -0.2) is 4.98 Å². The van der Waals surface area contributed by atoms with E-state index in [1.165, 1.54) is 11.3 Å². The molecule has 0 radical (unpaired) electrons. The number of anilines is 1. The predicted molar refractivity (Wildman–Crippen MR) is 76.7 cm³/mol. The molecule has 2 aliphatic rings. The number of Topliss-reactive ketones (excluding diaryl/α,β-unsaturated/α-hetero) is 1. The van der Waals surface area contributed by atoms with Crippen LogP contribution in [0.5, 0.6) is 0 Å². The highest BCUT2D eigenvalue weighted by molar-refractivity contribution is 7.13. The molecule has 0 bridgehead atoms. The van der Waals surface area contributed by atoms with Gasteiger partial charge < -0.3 is 15.2 Å². The fraction of sp³-hybridized carbons (Fsp3) is 0.714. The number of nitrogens with two attached hydrogens (primary N) is 1. The van der Waals surface area contributed by atoms with Crippen LogP contribution in [0.25, 0.3) is 0 Å². The van der Waals surface area contributed by atoms with Crippen LogP contribution in [0.1, 0.15) is 31.4 Å². The fourth-order valence-corrected chi connectivity index (χ4v) is 3.68. The number of thiazole rings is 1. The molecule has 3 heterocycles. The molecule has 2 saturated heterocycles. The van der Waals surface area contributed by atoms with E-state index >= 15 is 0 Å². The smallest absolute Gasteiger partial charge is 0.180 e. The van der Waals surface area contributed by atoms with E-state index in [0.29, 0.717) is 18.2 Å². The summed E-state index contributed by atoms with van der Waals surface area (Å²) in [5, 5.41) is 2.40. The fourth-order valence-electron chi connectivity index (χ4n) is 3.12. The molecule has 0 amide bonds. The van der Waals surface area contributed by atoms with Crippen LogP contribution in [0.2, 0.25) is 0 Å². The van der Waals surface area contributed by atoms with Crippen molar-refractivity contribution < 1.29 is 14.3 Å². The molecule has 0 saturated carbocycles. The number of carbonyl (C=O) groups excluding carboxylic acids is 1. The lowest BCUT2D eigenvalue weighted by molar-refractivity contribution is -0.156. The Kier molecular flexibility index (Phi) is 4.05. The largest absolute Gasteiger partial charge is 0.381 e. The maximum absolute atomic E-state index is 12.4. The molecule has 1 atom stereocenters. The van der Waals surface area contributed by atoms with E-state index in [4.69, 9.17) is 15.2 Å². The summed E-state index contributed by atoms with van der Waals surface area (Å²) in [6.45, 7) is 2.16. The second kappa shape index (κ2) is 5.79. The highest BCUT2D eigenvalue weighted by atomic mass is 32.1. The summed E-state index contributed by atoms with van der Waals surface area (Å²) in [6.07, 6.45) is 3.85. The van der Waals surface area contributed by atoms with E-state index in [9.17, 15) is 4.79 Å². The topological polar surface area (TPSA) is 74.4 Å². The van der Waals surface area contributed by atoms with Crippen molar-refractivity contribution in [1.29, 1.82) is 0 Å². The molecule has 110 valence electrons. The molecular weight excluding hydrogens is 276 g/mol. The highest BCUT2D eigenvalue weighted by Gasteiger charge is 2.40. The standard InChI is InChI=1S/C14H20N2O3S/c15-13-16-11(9-20-13)7-12(17)10-1-4-19-14(8-10)2-5-18-6-3-14/h9-10H,1-8H2,(H2,15,16). The third kappa shape index (κ3) is 3.02. The van der Waals surface area contributed by atoms with Gasteiger partial charge in [0.2, 0.25) is 0 Å². The molecule has 1 unspecified atom stereocenters. The quantitative estimate of drug-likeness (QED) is 0.921. The van der Waals surface area contributed by atoms with E-state index in [1.54, 1.807) is 0 Å². The van der Waals surface area contributed by atoms with Crippen LogP contribution in [0, 0.1) is 5.92 Å². The number of hydrogen-bond acceptors (Lipinski definition) is 6. The van der Waals surface area contributed by atoms with Crippen LogP contribution in [-0.4, -0.2) is 36.2 Å². The maximum Gasteiger partial charge on any atom is 0.180 e. The minimum Gasteiger partial charge on any atom is -0.381 e. The number of nitrogens with zero attached hydrogens (tertiary/aromatic N) is 1. The Bertz CT molecular complexity index is 477. The lowest BCUT2D eigenvalue weighted by Gasteiger charge is -2.42. The van der Waals surface area contributed by atoms with Gasteiger partial charge in [-0.2, -0.15) is 0 Å². The Morgan fingerprint density at radius 1 is 1.45 bits per heavy atom. The second-order valence-electron chi connectivity index (χ2n) is 5.65. The minimum absolute atomic E-state index is 0.0878. The van der Waals surface area contributed by atoms with Gasteiger partial charge in [0.05, 0.1) is 11.3 Å². The lowest BCUT2D eigenvalue weighted by Crippen LogP contribution is -2.46. The number of ether oxygens (including phenoxy) is 2. The number of nitrogen functional groups attached to an aromatic ring is 1. The summed E-state index contributed by atoms with van der Waals surface area (Å²) in [5.41, 5.74) is 6.28. The molecule has 2 fully saturated rings. The normalized spacial score (nSPS) is 25.7. The molecule has 0 aromatic carbocycles. The van der Waals surface area contributed by atoms with Crippen molar-refractivity contribution in [3.05, 3.63) is 11.1 Å². The van der Waals surface area contributed by atoms with Crippen molar-refractivity contribution in [3.8, 4) is 0 Å². The highest BCUT2D eigenvalue weighted by Crippen LogP contribution is 2.37. The van der Waals surface area contributed by atoms with Crippen molar-refractivity contribution in [2.24, 2.45) is 5.92 Å². The number of carbonyl (C=O) groups is 1. The van der Waals surface area contributed by atoms with Crippen LogP contribution < -0.4 is 5.73 Å². The first kappa shape index (κ1) is 14.0. The van der Waals surface area contributed by atoms with Crippen molar-refractivity contribution >= 4 is 22.3 Å². The van der Waals surface area contributed by atoms with E-state index in [-0.39, 0.29) is 17.3 Å². The molecule has 5 nitrogen and oxygen atoms in total. The summed E-state index contributed by atoms with van der Waals surface area (Å²) in [4.78, 5) is 16.6. The summed E-state index contributed by atoms with van der Waals surface area (Å²) in [6, 6.07) is 0. The van der Waals surface area contributed by atoms with Gasteiger partial charge in [0.25, 0.3) is 0 Å². The minimum atomic E-state index is -0.127. The summed E-state index contributed by atoms with van der Waals surface area (Å²) >= 11 is 1.39. The van der Waals surface area contributed by atoms with Gasteiger partial charge >= 0.3 is 0 Å². The van der Waals surface area contributed by atoms with E-state index < -0.39 is 0 Å². The zero-order valence-corrected chi connectivity index (χ0v) is 12.3. The molecule has 1 spiro atoms. The first-order valence-electron chi connectivity index (χ1n) is 7.11. The molecule has 20 heavy (non-hydrogen) atoms. The zero-order chi connectivity index (χ0) is 14.0. The molecule has 3 rings (SSSR count). The van der Waals surface area contributed by atoms with Crippen molar-refractivity contribution in [1.82, 2.24) is 4.98 Å². The molecule has 0 aliphatic carbocycles. The average molecular weight is 296 g/mol. The Labute approximate surface area is 122 Å². The Morgan fingerprint density at radius 3 is 2.95 bits per heavy atom. The third-order valence-electron chi connectivity index (χ3n) is 4.28. The molecule has 2 aliphatic heterocycles. The van der Waals surface area contributed by atoms with Crippen molar-refractivity contribution in [2.75, 3.05) is 25.6 Å². The van der Waals surface area contributed by atoms with Crippen LogP contribution in [0.15, 0.2) is 5.38 Å². The predicted octanol–water partition coefficient (Wildman–Crippen LogP) is 1.81. The van der Waals surface area contributed by atoms with Gasteiger partial charge in [0.15, 0.2) is 5.13 Å². The molecular formula is C14H20N2O3S. The van der Waals surface area contributed by atoms with E-state index in [1.807, 2.05) is 5.38 Å². The maximum atomic E-state index is 12.4. The zero-order valence-electron chi connectivity index (χ0n) is 11.5. The van der Waals surface area contributed by atoms with Crippen LogP contribution >= 0.6 is 11.3 Å². The first-order chi connectivity index (χ1) is 9.67. The summed E-state index contributed by atoms with van der Waals surface area (Å²) in [7, 11) is 0. The summed E-state index contributed by atoms with van der Waals surface area (Å²) < 4.78 is 11.4. The van der Waals surface area contributed by atoms with Crippen LogP contribution in [0.3, 0.4) is 0 Å². The van der Waals surface area contributed by atoms with Crippen molar-refractivity contribution in [2.45, 2.75) is 37.7 Å². The van der Waals surface area contributed by atoms with Gasteiger partial charge in [-0.05, 0) is 25.7 Å². The summed E-state index contributed by atoms with van der Waals surface area (Å²) in [5.74, 6) is 0.356. The Hall–Kier alpha value is -0.980. The van der Waals surface area contributed by atoms with Crippen LogP contribution in [-0.2, 0) is 20.7 Å². The van der Waals surface area contributed by atoms with Gasteiger partial charge in [-0.1, -0.05) is 0 Å². The lowest BCUT2D eigenvalue weighted by atomic mass is 9.78. The average Bonchev–Trinajstić information content (AvgIpc) is 2.85. The van der Waals surface area contributed by atoms with Gasteiger partial charge in [-0.15, -0.1) is 11.3 Å². The van der Waals surface area contributed by atoms with Gasteiger partial charge in [-0.3, -0.25) is 4.79 Å². The monoisotopic (exact) mass is 296 g/mol. The second-order valence-corrected chi connectivity index (χ2v) is 6.54. The third-order valence-corrected chi connectivity index (χ3v) is 5.00. The number of aromatic nitrogens is 1. The number of hydrogen-bond donors (Lipinski definition) is 1. The van der Waals surface area contributed by atoms with E-state index in [0.717, 1.165) is 44.6 Å². The SMILES string of the molecule is Nc1nc(CC(=O)C2CCOC3(CCOCC3)C2)cs1. The van der Waals surface area contributed by atoms with E-state index in [2.05, 4.69) is 4.98 Å². The molecule has 1 aromatic heterocycles. The number of rotatable bonds is 3. The van der Waals surface area contributed by atoms with Crippen molar-refractivity contribution in [3.63, 3.8) is 0 Å². The molecule has 6 heteroatoms. The Balaban J connectivity index is 1.62. The van der Waals surface area contributed by atoms with Gasteiger partial charge in [0.1, 0.15) is 5.78 Å². The Morgan fingerprint density at radius 2 is 2.25 bits per heavy atom. The number of ketones is 1. The molecule has 1 aromatic rings. The molecule has 2 N–H and O–H groups in total. The first-order valence-corrected chi connectivity index (χ1v) is 7.99. The van der Waals surface area contributed by atoms with Crippen LogP contribution in [0.4, 0.5) is 5.13 Å². The van der Waals surface area contributed by atoms with Gasteiger partial charge in [0, 0.05) is 37.5 Å².